The molecule has 0 spiro atoms. The van der Waals surface area contributed by atoms with Crippen LogP contribution >= 0.6 is 0 Å². The number of aryl methyl sites for hydroxylation is 2. The van der Waals surface area contributed by atoms with Gasteiger partial charge in [0.25, 0.3) is 0 Å². The standard InChI is InChI=1S/C20H23NO3/c1-13-10-11-14(2)20(15(13)3)24-19(23)12-18(21-16(4)22)17-8-6-5-7-9-17/h5-11,18H,12H2,1-4H3,(H,21,22)/t18-/m0/s1. The summed E-state index contributed by atoms with van der Waals surface area (Å²) in [6, 6.07) is 13.0. The topological polar surface area (TPSA) is 55.4 Å². The molecule has 0 unspecified atom stereocenters. The Kier molecular flexibility index (Phi) is 5.74. The highest BCUT2D eigenvalue weighted by molar-refractivity contribution is 5.77. The third-order valence-corrected chi connectivity index (χ3v) is 4.04. The van der Waals surface area contributed by atoms with Crippen LogP contribution in [0.15, 0.2) is 42.5 Å². The molecule has 0 aromatic heterocycles. The Morgan fingerprint density at radius 1 is 1.00 bits per heavy atom. The van der Waals surface area contributed by atoms with Crippen molar-refractivity contribution in [2.75, 3.05) is 0 Å². The summed E-state index contributed by atoms with van der Waals surface area (Å²) in [7, 11) is 0. The molecule has 126 valence electrons. The SMILES string of the molecule is CC(=O)N[C@@H](CC(=O)Oc1c(C)ccc(C)c1C)c1ccccc1. The monoisotopic (exact) mass is 325 g/mol. The third-order valence-electron chi connectivity index (χ3n) is 4.04. The number of esters is 1. The predicted molar refractivity (Wildman–Crippen MR) is 93.9 cm³/mol. The fourth-order valence-electron chi connectivity index (χ4n) is 2.59. The first kappa shape index (κ1) is 17.7. The first-order valence-electron chi connectivity index (χ1n) is 7.98. The van der Waals surface area contributed by atoms with Gasteiger partial charge in [0.15, 0.2) is 0 Å². The average Bonchev–Trinajstić information content (AvgIpc) is 2.55. The van der Waals surface area contributed by atoms with E-state index in [0.29, 0.717) is 5.75 Å². The molecule has 0 fully saturated rings. The van der Waals surface area contributed by atoms with Gasteiger partial charge in [0.2, 0.25) is 5.91 Å². The van der Waals surface area contributed by atoms with E-state index < -0.39 is 6.04 Å². The van der Waals surface area contributed by atoms with E-state index in [1.807, 2.05) is 63.2 Å². The van der Waals surface area contributed by atoms with Crippen molar-refractivity contribution in [2.45, 2.75) is 40.2 Å². The van der Waals surface area contributed by atoms with E-state index in [-0.39, 0.29) is 18.3 Å². The van der Waals surface area contributed by atoms with Crippen molar-refractivity contribution in [1.82, 2.24) is 5.32 Å². The van der Waals surface area contributed by atoms with E-state index >= 15 is 0 Å². The van der Waals surface area contributed by atoms with Crippen LogP contribution in [-0.2, 0) is 9.59 Å². The maximum absolute atomic E-state index is 12.4. The van der Waals surface area contributed by atoms with Crippen LogP contribution < -0.4 is 10.1 Å². The Bertz CT molecular complexity index is 738. The van der Waals surface area contributed by atoms with Gasteiger partial charge in [-0.25, -0.2) is 0 Å². The summed E-state index contributed by atoms with van der Waals surface area (Å²) in [6.45, 7) is 7.28. The van der Waals surface area contributed by atoms with Crippen LogP contribution in [0.3, 0.4) is 0 Å². The van der Waals surface area contributed by atoms with E-state index in [4.69, 9.17) is 4.74 Å². The van der Waals surface area contributed by atoms with Crippen molar-refractivity contribution < 1.29 is 14.3 Å². The molecule has 2 aromatic carbocycles. The molecule has 0 aliphatic heterocycles. The van der Waals surface area contributed by atoms with Gasteiger partial charge in [0, 0.05) is 6.92 Å². The van der Waals surface area contributed by atoms with Gasteiger partial charge in [-0.1, -0.05) is 42.5 Å². The molecule has 24 heavy (non-hydrogen) atoms. The van der Waals surface area contributed by atoms with Gasteiger partial charge >= 0.3 is 5.97 Å². The van der Waals surface area contributed by atoms with Gasteiger partial charge in [0.05, 0.1) is 12.5 Å². The van der Waals surface area contributed by atoms with Gasteiger partial charge in [-0.3, -0.25) is 9.59 Å². The molecule has 4 nitrogen and oxygen atoms in total. The molecule has 4 heteroatoms. The molecule has 0 aliphatic rings. The summed E-state index contributed by atoms with van der Waals surface area (Å²) in [6.07, 6.45) is 0.0798. The van der Waals surface area contributed by atoms with Crippen molar-refractivity contribution >= 4 is 11.9 Å². The van der Waals surface area contributed by atoms with Crippen molar-refractivity contribution in [3.05, 3.63) is 64.7 Å². The Morgan fingerprint density at radius 2 is 1.62 bits per heavy atom. The van der Waals surface area contributed by atoms with E-state index in [2.05, 4.69) is 5.32 Å². The Morgan fingerprint density at radius 3 is 2.25 bits per heavy atom. The van der Waals surface area contributed by atoms with Crippen LogP contribution in [0.5, 0.6) is 5.75 Å². The smallest absolute Gasteiger partial charge is 0.313 e. The minimum absolute atomic E-state index is 0.0798. The van der Waals surface area contributed by atoms with Crippen molar-refractivity contribution in [1.29, 1.82) is 0 Å². The molecule has 0 saturated heterocycles. The van der Waals surface area contributed by atoms with Crippen LogP contribution in [0.1, 0.15) is 41.6 Å². The quantitative estimate of drug-likeness (QED) is 0.672. The highest BCUT2D eigenvalue weighted by Crippen LogP contribution is 2.27. The molecule has 0 radical (unpaired) electrons. The zero-order chi connectivity index (χ0) is 17.7. The van der Waals surface area contributed by atoms with Gasteiger partial charge < -0.3 is 10.1 Å². The molecule has 2 rings (SSSR count). The highest BCUT2D eigenvalue weighted by Gasteiger charge is 2.19. The summed E-state index contributed by atoms with van der Waals surface area (Å²) in [4.78, 5) is 23.9. The second-order valence-corrected chi connectivity index (χ2v) is 6.00. The maximum atomic E-state index is 12.4. The Hall–Kier alpha value is -2.62. The van der Waals surface area contributed by atoms with Crippen molar-refractivity contribution in [2.24, 2.45) is 0 Å². The van der Waals surface area contributed by atoms with E-state index in [0.717, 1.165) is 22.3 Å². The lowest BCUT2D eigenvalue weighted by Gasteiger charge is -2.19. The molecule has 2 aromatic rings. The number of carbonyl (C=O) groups is 2. The summed E-state index contributed by atoms with van der Waals surface area (Å²) >= 11 is 0. The summed E-state index contributed by atoms with van der Waals surface area (Å²) in [5, 5.41) is 2.81. The number of hydrogen-bond acceptors (Lipinski definition) is 3. The van der Waals surface area contributed by atoms with Gasteiger partial charge in [-0.15, -0.1) is 0 Å². The molecule has 1 N–H and O–H groups in total. The fourth-order valence-corrected chi connectivity index (χ4v) is 2.59. The third kappa shape index (κ3) is 4.44. The lowest BCUT2D eigenvalue weighted by atomic mass is 10.0. The second kappa shape index (κ2) is 7.77. The van der Waals surface area contributed by atoms with E-state index in [1.54, 1.807) is 0 Å². The molecular weight excluding hydrogens is 302 g/mol. The number of rotatable bonds is 5. The minimum atomic E-state index is -0.401. The number of benzene rings is 2. The summed E-state index contributed by atoms with van der Waals surface area (Å²) < 4.78 is 5.60. The molecule has 0 heterocycles. The predicted octanol–water partition coefficient (Wildman–Crippen LogP) is 3.78. The fraction of sp³-hybridized carbons (Fsp3) is 0.300. The molecule has 1 atom stereocenters. The summed E-state index contributed by atoms with van der Waals surface area (Å²) in [5.41, 5.74) is 3.83. The first-order chi connectivity index (χ1) is 11.4. The average molecular weight is 325 g/mol. The number of nitrogens with one attached hydrogen (secondary N) is 1. The zero-order valence-corrected chi connectivity index (χ0v) is 14.6. The van der Waals surface area contributed by atoms with Crippen molar-refractivity contribution in [3.63, 3.8) is 0 Å². The van der Waals surface area contributed by atoms with Crippen LogP contribution in [0.2, 0.25) is 0 Å². The zero-order valence-electron chi connectivity index (χ0n) is 14.6. The number of hydrogen-bond donors (Lipinski definition) is 1. The van der Waals surface area contributed by atoms with Crippen LogP contribution in [0.25, 0.3) is 0 Å². The first-order valence-corrected chi connectivity index (χ1v) is 7.98. The van der Waals surface area contributed by atoms with E-state index in [1.165, 1.54) is 6.92 Å². The maximum Gasteiger partial charge on any atom is 0.313 e. The Balaban J connectivity index is 2.17. The van der Waals surface area contributed by atoms with Gasteiger partial charge in [0.1, 0.15) is 5.75 Å². The summed E-state index contributed by atoms with van der Waals surface area (Å²) in [5.74, 6) is 0.0589. The van der Waals surface area contributed by atoms with Gasteiger partial charge in [-0.05, 0) is 43.0 Å². The molecule has 0 bridgehead atoms. The molecule has 0 aliphatic carbocycles. The highest BCUT2D eigenvalue weighted by atomic mass is 16.5. The molecular formula is C20H23NO3. The lowest BCUT2D eigenvalue weighted by Crippen LogP contribution is -2.29. The number of ether oxygens (including phenoxy) is 1. The second-order valence-electron chi connectivity index (χ2n) is 6.00. The van der Waals surface area contributed by atoms with E-state index in [9.17, 15) is 9.59 Å². The lowest BCUT2D eigenvalue weighted by molar-refractivity contribution is -0.135. The van der Waals surface area contributed by atoms with Crippen LogP contribution in [-0.4, -0.2) is 11.9 Å². The largest absolute Gasteiger partial charge is 0.426 e. The normalized spacial score (nSPS) is 11.7. The minimum Gasteiger partial charge on any atom is -0.426 e. The molecule has 1 amide bonds. The number of carbonyl (C=O) groups excluding carboxylic acids is 2. The van der Waals surface area contributed by atoms with Crippen LogP contribution in [0, 0.1) is 20.8 Å². The van der Waals surface area contributed by atoms with Gasteiger partial charge in [-0.2, -0.15) is 0 Å². The van der Waals surface area contributed by atoms with Crippen molar-refractivity contribution in [3.8, 4) is 5.75 Å². The molecule has 0 saturated carbocycles. The Labute approximate surface area is 142 Å². The van der Waals surface area contributed by atoms with Crippen LogP contribution in [0.4, 0.5) is 0 Å². The number of amides is 1.